The van der Waals surface area contributed by atoms with Gasteiger partial charge in [0.15, 0.2) is 6.29 Å². The molecule has 0 spiro atoms. The number of aromatic nitrogens is 2. The van der Waals surface area contributed by atoms with Gasteiger partial charge in [-0.15, -0.1) is 0 Å². The van der Waals surface area contributed by atoms with E-state index in [1.807, 2.05) is 11.9 Å². The minimum atomic E-state index is -0.336. The largest absolute Gasteiger partial charge is 0.339 e. The first-order chi connectivity index (χ1) is 17.6. The van der Waals surface area contributed by atoms with Crippen molar-refractivity contribution in [2.45, 2.75) is 45.6 Å². The van der Waals surface area contributed by atoms with Crippen molar-refractivity contribution in [3.8, 4) is 0 Å². The van der Waals surface area contributed by atoms with Gasteiger partial charge in [-0.2, -0.15) is 0 Å². The van der Waals surface area contributed by atoms with Crippen LogP contribution in [0.3, 0.4) is 0 Å². The standard InChI is InChI=1S/C13H10FN3O.C11H21N3O.C4H10/c14-10-3-1-9(2-4-10)12(15)5-6-13-16-7-11(8-18)17-13;1-12-11(4-3-5-11)10(15)14-8-6-13(2)7-9-14;1-4(2)3/h1-8,15H,(H,16,17);12H,3-9H2,1-2H3;4H,1-3H3/b6-5-,15-12?;;. The minimum absolute atomic E-state index is 0.212. The van der Waals surface area contributed by atoms with Crippen LogP contribution < -0.4 is 5.32 Å². The summed E-state index contributed by atoms with van der Waals surface area (Å²) in [5.41, 5.74) is 1.01. The third-order valence-corrected chi connectivity index (χ3v) is 6.19. The van der Waals surface area contributed by atoms with E-state index in [1.165, 1.54) is 43.0 Å². The summed E-state index contributed by atoms with van der Waals surface area (Å²) in [6.07, 6.45) is 8.38. The van der Waals surface area contributed by atoms with Gasteiger partial charge in [-0.3, -0.25) is 9.59 Å². The summed E-state index contributed by atoms with van der Waals surface area (Å²) >= 11 is 0. The summed E-state index contributed by atoms with van der Waals surface area (Å²) in [4.78, 5) is 33.7. The number of likely N-dealkylation sites (N-methyl/N-ethyl adjacent to an activating group) is 2. The van der Waals surface area contributed by atoms with Crippen molar-refractivity contribution in [3.05, 3.63) is 59.4 Å². The van der Waals surface area contributed by atoms with Gasteiger partial charge in [0, 0.05) is 26.2 Å². The summed E-state index contributed by atoms with van der Waals surface area (Å²) in [5.74, 6) is 1.31. The van der Waals surface area contributed by atoms with Crippen LogP contribution >= 0.6 is 0 Å². The Kier molecular flexibility index (Phi) is 11.8. The molecule has 0 bridgehead atoms. The smallest absolute Gasteiger partial charge is 0.242 e. The Morgan fingerprint density at radius 1 is 1.16 bits per heavy atom. The number of nitrogens with one attached hydrogen (secondary N) is 3. The molecule has 8 nitrogen and oxygen atoms in total. The quantitative estimate of drug-likeness (QED) is 0.401. The molecule has 4 rings (SSSR count). The average Bonchev–Trinajstić information content (AvgIpc) is 3.31. The summed E-state index contributed by atoms with van der Waals surface area (Å²) in [6, 6.07) is 5.66. The highest BCUT2D eigenvalue weighted by molar-refractivity contribution is 6.08. The van der Waals surface area contributed by atoms with Gasteiger partial charge in [0.2, 0.25) is 5.91 Å². The highest BCUT2D eigenvalue weighted by Gasteiger charge is 2.45. The van der Waals surface area contributed by atoms with Gasteiger partial charge in [-0.1, -0.05) is 20.8 Å². The number of hydrogen-bond acceptors (Lipinski definition) is 6. The Hall–Kier alpha value is -3.17. The number of piperazine rings is 1. The Morgan fingerprint density at radius 2 is 1.76 bits per heavy atom. The molecule has 0 unspecified atom stereocenters. The van der Waals surface area contributed by atoms with E-state index >= 15 is 0 Å². The molecule has 1 aliphatic carbocycles. The van der Waals surface area contributed by atoms with E-state index in [4.69, 9.17) is 5.41 Å². The molecule has 1 aromatic heterocycles. The molecule has 1 aromatic carbocycles. The monoisotopic (exact) mass is 512 g/mol. The molecule has 202 valence electrons. The van der Waals surface area contributed by atoms with Crippen molar-refractivity contribution in [2.24, 2.45) is 5.92 Å². The summed E-state index contributed by atoms with van der Waals surface area (Å²) in [7, 11) is 4.02. The summed E-state index contributed by atoms with van der Waals surface area (Å²) in [6.45, 7) is 10.3. The number of carbonyl (C=O) groups excluding carboxylic acids is 2. The Bertz CT molecular complexity index is 1030. The van der Waals surface area contributed by atoms with E-state index in [9.17, 15) is 14.0 Å². The van der Waals surface area contributed by atoms with E-state index < -0.39 is 0 Å². The minimum Gasteiger partial charge on any atom is -0.339 e. The van der Waals surface area contributed by atoms with Crippen LogP contribution in [0.2, 0.25) is 0 Å². The van der Waals surface area contributed by atoms with E-state index in [1.54, 1.807) is 6.08 Å². The predicted molar refractivity (Wildman–Crippen MR) is 146 cm³/mol. The van der Waals surface area contributed by atoms with E-state index in [-0.39, 0.29) is 17.1 Å². The average molecular weight is 513 g/mol. The predicted octanol–water partition coefficient (Wildman–Crippen LogP) is 4.01. The molecule has 1 amide bonds. The van der Waals surface area contributed by atoms with Gasteiger partial charge in [-0.05, 0) is 81.3 Å². The Morgan fingerprint density at radius 3 is 2.22 bits per heavy atom. The zero-order chi connectivity index (χ0) is 27.4. The maximum absolute atomic E-state index is 12.7. The maximum Gasteiger partial charge on any atom is 0.242 e. The number of H-pyrrole nitrogens is 1. The molecule has 2 fully saturated rings. The van der Waals surface area contributed by atoms with Crippen LogP contribution in [0.15, 0.2) is 36.5 Å². The zero-order valence-electron chi connectivity index (χ0n) is 22.7. The maximum atomic E-state index is 12.7. The Balaban J connectivity index is 0.000000230. The number of carbonyl (C=O) groups is 2. The van der Waals surface area contributed by atoms with Crippen LogP contribution in [0, 0.1) is 17.1 Å². The van der Waals surface area contributed by atoms with Gasteiger partial charge in [0.1, 0.15) is 11.6 Å². The van der Waals surface area contributed by atoms with Gasteiger partial charge >= 0.3 is 0 Å². The number of amides is 1. The molecule has 1 saturated carbocycles. The lowest BCUT2D eigenvalue weighted by Gasteiger charge is -2.45. The van der Waals surface area contributed by atoms with Gasteiger partial charge < -0.3 is 25.5 Å². The van der Waals surface area contributed by atoms with Crippen molar-refractivity contribution in [1.82, 2.24) is 25.1 Å². The fraction of sp³-hybridized carbons (Fsp3) is 0.500. The van der Waals surface area contributed by atoms with Gasteiger partial charge in [0.05, 0.1) is 23.1 Å². The first kappa shape index (κ1) is 30.1. The normalized spacial score (nSPS) is 16.8. The third kappa shape index (κ3) is 9.33. The van der Waals surface area contributed by atoms with Crippen molar-refractivity contribution >= 4 is 24.0 Å². The van der Waals surface area contributed by atoms with Crippen LogP contribution in [-0.2, 0) is 4.79 Å². The molecule has 1 saturated heterocycles. The first-order valence-corrected chi connectivity index (χ1v) is 12.8. The number of aromatic amines is 1. The molecule has 0 atom stereocenters. The number of benzene rings is 1. The number of allylic oxidation sites excluding steroid dienone is 1. The zero-order valence-corrected chi connectivity index (χ0v) is 22.7. The van der Waals surface area contributed by atoms with Crippen LogP contribution in [-0.4, -0.2) is 83.5 Å². The summed E-state index contributed by atoms with van der Waals surface area (Å²) < 4.78 is 12.7. The van der Waals surface area contributed by atoms with Crippen molar-refractivity contribution in [1.29, 1.82) is 5.41 Å². The second-order valence-corrected chi connectivity index (χ2v) is 10.1. The fourth-order valence-corrected chi connectivity index (χ4v) is 3.80. The van der Waals surface area contributed by atoms with Crippen molar-refractivity contribution in [2.75, 3.05) is 40.3 Å². The van der Waals surface area contributed by atoms with Crippen LogP contribution in [0.4, 0.5) is 4.39 Å². The molecule has 2 aromatic rings. The number of aldehydes is 1. The van der Waals surface area contributed by atoms with E-state index in [2.05, 4.69) is 48.0 Å². The van der Waals surface area contributed by atoms with E-state index in [0.717, 1.165) is 44.9 Å². The lowest BCUT2D eigenvalue weighted by molar-refractivity contribution is -0.143. The second kappa shape index (κ2) is 14.5. The number of imidazole rings is 1. The van der Waals surface area contributed by atoms with Crippen LogP contribution in [0.25, 0.3) is 6.08 Å². The molecule has 37 heavy (non-hydrogen) atoms. The lowest BCUT2D eigenvalue weighted by Crippen LogP contribution is -2.63. The molecular weight excluding hydrogens is 471 g/mol. The molecule has 1 aliphatic heterocycles. The Labute approximate surface area is 219 Å². The molecule has 9 heteroatoms. The topological polar surface area (TPSA) is 105 Å². The molecular formula is C28H41FN6O2. The molecule has 0 radical (unpaired) electrons. The van der Waals surface area contributed by atoms with Crippen LogP contribution in [0.5, 0.6) is 0 Å². The number of nitrogens with zero attached hydrogens (tertiary/aromatic N) is 3. The van der Waals surface area contributed by atoms with E-state index in [0.29, 0.717) is 29.3 Å². The fourth-order valence-electron chi connectivity index (χ4n) is 3.80. The van der Waals surface area contributed by atoms with Gasteiger partial charge in [0.25, 0.3) is 0 Å². The van der Waals surface area contributed by atoms with Gasteiger partial charge in [-0.25, -0.2) is 9.37 Å². The number of halogens is 1. The SMILES string of the molecule is CC(C)C.CNC1(C(=O)N2CCN(C)CC2)CCC1.N=C(/C=C\c1ncc(C=O)[nH]1)c1ccc(F)cc1. The molecule has 2 heterocycles. The highest BCUT2D eigenvalue weighted by atomic mass is 19.1. The number of rotatable bonds is 6. The molecule has 3 N–H and O–H groups in total. The third-order valence-electron chi connectivity index (χ3n) is 6.19. The molecule has 2 aliphatic rings. The second-order valence-electron chi connectivity index (χ2n) is 10.1. The van der Waals surface area contributed by atoms with Crippen molar-refractivity contribution < 1.29 is 14.0 Å². The highest BCUT2D eigenvalue weighted by Crippen LogP contribution is 2.33. The lowest BCUT2D eigenvalue weighted by atomic mass is 9.75. The first-order valence-electron chi connectivity index (χ1n) is 12.8. The van der Waals surface area contributed by atoms with Crippen LogP contribution in [0.1, 0.15) is 61.9 Å². The van der Waals surface area contributed by atoms with Crippen molar-refractivity contribution in [3.63, 3.8) is 0 Å². The number of hydrogen-bond donors (Lipinski definition) is 3. The summed E-state index contributed by atoms with van der Waals surface area (Å²) in [5, 5.41) is 11.0.